The molecular weight excluding hydrogens is 315 g/mol. The molecule has 0 radical (unpaired) electrons. The third-order valence-corrected chi connectivity index (χ3v) is 3.55. The summed E-state index contributed by atoms with van der Waals surface area (Å²) >= 11 is 0. The average Bonchev–Trinajstić information content (AvgIpc) is 2.47. The van der Waals surface area contributed by atoms with Crippen molar-refractivity contribution in [3.63, 3.8) is 0 Å². The Labute approximate surface area is 132 Å². The second kappa shape index (κ2) is 6.62. The van der Waals surface area contributed by atoms with E-state index in [4.69, 9.17) is 0 Å². The predicted molar refractivity (Wildman–Crippen MR) is 78.9 cm³/mol. The van der Waals surface area contributed by atoms with E-state index in [1.165, 1.54) is 6.20 Å². The van der Waals surface area contributed by atoms with Gasteiger partial charge in [0.05, 0.1) is 11.7 Å². The van der Waals surface area contributed by atoms with Crippen LogP contribution in [0.2, 0.25) is 0 Å². The molecule has 1 atom stereocenters. The molecule has 22 heavy (non-hydrogen) atoms. The molecule has 0 saturated carbocycles. The van der Waals surface area contributed by atoms with Crippen LogP contribution in [0.3, 0.4) is 0 Å². The lowest BCUT2D eigenvalue weighted by Crippen LogP contribution is -2.33. The molecule has 0 spiro atoms. The molecule has 1 aromatic heterocycles. The minimum absolute atomic E-state index is 0. The fourth-order valence-corrected chi connectivity index (χ4v) is 2.55. The zero-order chi connectivity index (χ0) is 14.9. The highest BCUT2D eigenvalue weighted by Crippen LogP contribution is 2.30. The summed E-state index contributed by atoms with van der Waals surface area (Å²) in [5.41, 5.74) is 2.32. The first-order chi connectivity index (χ1) is 10.0. The molecule has 1 N–H and O–H groups in total. The highest BCUT2D eigenvalue weighted by molar-refractivity contribution is 5.85. The summed E-state index contributed by atoms with van der Waals surface area (Å²) in [6.45, 7) is 0.721. The van der Waals surface area contributed by atoms with Gasteiger partial charge in [0.2, 0.25) is 5.82 Å². The van der Waals surface area contributed by atoms with Crippen LogP contribution in [0.4, 0.5) is 13.2 Å². The van der Waals surface area contributed by atoms with Crippen LogP contribution in [0, 0.1) is 0 Å². The number of nitrogens with one attached hydrogen (secondary N) is 1. The molecule has 2 heterocycles. The standard InChI is InChI=1S/C15H14F3N3.ClH/c16-15(17,18)14-20-9-11-6-7-19-12(13(11)21-14)8-10-4-2-1-3-5-10;/h1-5,9,12,19H,6-8H2;1H. The van der Waals surface area contributed by atoms with E-state index >= 15 is 0 Å². The van der Waals surface area contributed by atoms with E-state index < -0.39 is 12.0 Å². The quantitative estimate of drug-likeness (QED) is 0.918. The number of aromatic nitrogens is 2. The van der Waals surface area contributed by atoms with E-state index in [1.54, 1.807) is 0 Å². The molecule has 7 heteroatoms. The second-order valence-corrected chi connectivity index (χ2v) is 5.05. The van der Waals surface area contributed by atoms with Gasteiger partial charge in [-0.1, -0.05) is 30.3 Å². The van der Waals surface area contributed by atoms with Crippen molar-refractivity contribution in [2.24, 2.45) is 0 Å². The summed E-state index contributed by atoms with van der Waals surface area (Å²) in [5.74, 6) is -1.07. The van der Waals surface area contributed by atoms with Gasteiger partial charge in [-0.2, -0.15) is 13.2 Å². The average molecular weight is 330 g/mol. The Balaban J connectivity index is 0.00000176. The zero-order valence-corrected chi connectivity index (χ0v) is 12.4. The van der Waals surface area contributed by atoms with Crippen molar-refractivity contribution in [3.8, 4) is 0 Å². The van der Waals surface area contributed by atoms with Crippen LogP contribution in [0.25, 0.3) is 0 Å². The fraction of sp³-hybridized carbons (Fsp3) is 0.333. The maximum Gasteiger partial charge on any atom is 0.451 e. The molecule has 118 valence electrons. The molecule has 3 nitrogen and oxygen atoms in total. The van der Waals surface area contributed by atoms with Gasteiger partial charge in [-0.25, -0.2) is 9.97 Å². The summed E-state index contributed by atoms with van der Waals surface area (Å²) in [6, 6.07) is 9.46. The van der Waals surface area contributed by atoms with E-state index in [0.29, 0.717) is 18.5 Å². The van der Waals surface area contributed by atoms with Crippen LogP contribution in [-0.4, -0.2) is 16.5 Å². The Bertz CT molecular complexity index is 632. The van der Waals surface area contributed by atoms with E-state index in [0.717, 1.165) is 17.7 Å². The smallest absolute Gasteiger partial charge is 0.308 e. The van der Waals surface area contributed by atoms with Crippen LogP contribution in [-0.2, 0) is 19.0 Å². The first-order valence-electron chi connectivity index (χ1n) is 6.74. The Hall–Kier alpha value is -1.66. The Morgan fingerprint density at radius 2 is 1.91 bits per heavy atom. The molecule has 1 aromatic carbocycles. The molecule has 1 aliphatic heterocycles. The topological polar surface area (TPSA) is 37.8 Å². The first-order valence-corrected chi connectivity index (χ1v) is 6.74. The number of halogens is 4. The highest BCUT2D eigenvalue weighted by Gasteiger charge is 2.36. The van der Waals surface area contributed by atoms with Crippen LogP contribution >= 0.6 is 12.4 Å². The van der Waals surface area contributed by atoms with Gasteiger partial charge < -0.3 is 5.32 Å². The number of alkyl halides is 3. The largest absolute Gasteiger partial charge is 0.451 e. The first kappa shape index (κ1) is 16.7. The van der Waals surface area contributed by atoms with Gasteiger partial charge in [0.1, 0.15) is 0 Å². The van der Waals surface area contributed by atoms with Crippen LogP contribution in [0.1, 0.15) is 28.7 Å². The van der Waals surface area contributed by atoms with Crippen LogP contribution in [0.5, 0.6) is 0 Å². The molecule has 3 rings (SSSR count). The molecule has 1 unspecified atom stereocenters. The number of fused-ring (bicyclic) bond motifs is 1. The normalized spacial score (nSPS) is 17.5. The number of rotatable bonds is 2. The summed E-state index contributed by atoms with van der Waals surface area (Å²) < 4.78 is 38.3. The molecule has 0 saturated heterocycles. The lowest BCUT2D eigenvalue weighted by molar-refractivity contribution is -0.145. The van der Waals surface area contributed by atoms with E-state index in [2.05, 4.69) is 15.3 Å². The van der Waals surface area contributed by atoms with Crippen molar-refractivity contribution in [2.45, 2.75) is 25.1 Å². The van der Waals surface area contributed by atoms with Crippen molar-refractivity contribution >= 4 is 12.4 Å². The second-order valence-electron chi connectivity index (χ2n) is 5.05. The van der Waals surface area contributed by atoms with Gasteiger partial charge >= 0.3 is 6.18 Å². The van der Waals surface area contributed by atoms with Gasteiger partial charge in [-0.3, -0.25) is 0 Å². The van der Waals surface area contributed by atoms with Crippen LogP contribution in [0.15, 0.2) is 36.5 Å². The van der Waals surface area contributed by atoms with E-state index in [9.17, 15) is 13.2 Å². The molecule has 0 fully saturated rings. The lowest BCUT2D eigenvalue weighted by atomic mass is 9.95. The van der Waals surface area contributed by atoms with Crippen molar-refractivity contribution < 1.29 is 13.2 Å². The van der Waals surface area contributed by atoms with E-state index in [-0.39, 0.29) is 18.4 Å². The van der Waals surface area contributed by atoms with Crippen molar-refractivity contribution in [2.75, 3.05) is 6.54 Å². The van der Waals surface area contributed by atoms with Gasteiger partial charge in [-0.05, 0) is 30.5 Å². The number of hydrogen-bond acceptors (Lipinski definition) is 3. The molecule has 0 aliphatic carbocycles. The molecule has 0 amide bonds. The third-order valence-electron chi connectivity index (χ3n) is 3.55. The maximum absolute atomic E-state index is 12.8. The molecule has 1 aliphatic rings. The summed E-state index contributed by atoms with van der Waals surface area (Å²) in [6.07, 6.45) is -1.94. The fourth-order valence-electron chi connectivity index (χ4n) is 2.55. The summed E-state index contributed by atoms with van der Waals surface area (Å²) in [4.78, 5) is 7.20. The van der Waals surface area contributed by atoms with Gasteiger partial charge in [-0.15, -0.1) is 12.4 Å². The monoisotopic (exact) mass is 329 g/mol. The minimum Gasteiger partial charge on any atom is -0.308 e. The third kappa shape index (κ3) is 3.56. The lowest BCUT2D eigenvalue weighted by Gasteiger charge is -2.26. The van der Waals surface area contributed by atoms with Crippen molar-refractivity contribution in [3.05, 3.63) is 59.2 Å². The van der Waals surface area contributed by atoms with E-state index in [1.807, 2.05) is 30.3 Å². The molecular formula is C15H15ClF3N3. The Kier molecular flexibility index (Phi) is 5.03. The summed E-state index contributed by atoms with van der Waals surface area (Å²) in [7, 11) is 0. The minimum atomic E-state index is -4.51. The number of benzene rings is 1. The van der Waals surface area contributed by atoms with Gasteiger partial charge in [0.25, 0.3) is 0 Å². The molecule has 2 aromatic rings. The zero-order valence-electron chi connectivity index (χ0n) is 11.6. The summed E-state index contributed by atoms with van der Waals surface area (Å²) in [5, 5.41) is 3.24. The number of nitrogens with zero attached hydrogens (tertiary/aromatic N) is 2. The SMILES string of the molecule is Cl.FC(F)(F)c1ncc2c(n1)C(Cc1ccccc1)NCC2. The molecule has 0 bridgehead atoms. The highest BCUT2D eigenvalue weighted by atomic mass is 35.5. The maximum atomic E-state index is 12.8. The number of hydrogen-bond donors (Lipinski definition) is 1. The Morgan fingerprint density at radius 1 is 1.18 bits per heavy atom. The predicted octanol–water partition coefficient (Wildman–Crippen LogP) is 3.35. The van der Waals surface area contributed by atoms with Gasteiger partial charge in [0.15, 0.2) is 0 Å². The van der Waals surface area contributed by atoms with Crippen molar-refractivity contribution in [1.29, 1.82) is 0 Å². The van der Waals surface area contributed by atoms with Crippen LogP contribution < -0.4 is 5.32 Å². The Morgan fingerprint density at radius 3 is 2.59 bits per heavy atom. The van der Waals surface area contributed by atoms with Gasteiger partial charge in [0, 0.05) is 6.20 Å². The van der Waals surface area contributed by atoms with Crippen molar-refractivity contribution in [1.82, 2.24) is 15.3 Å².